The van der Waals surface area contributed by atoms with Gasteiger partial charge in [0.15, 0.2) is 0 Å². The average Bonchev–Trinajstić information content (AvgIpc) is 2.74. The van der Waals surface area contributed by atoms with Crippen LogP contribution in [0.4, 0.5) is 11.5 Å². The van der Waals surface area contributed by atoms with E-state index >= 15 is 0 Å². The van der Waals surface area contributed by atoms with E-state index in [9.17, 15) is 10.1 Å². The molecule has 0 amide bonds. The van der Waals surface area contributed by atoms with E-state index < -0.39 is 0 Å². The minimum atomic E-state index is -0.369. The Bertz CT molecular complexity index is 634. The maximum absolute atomic E-state index is 11.2. The van der Waals surface area contributed by atoms with Crippen molar-refractivity contribution in [2.75, 3.05) is 5.32 Å². The van der Waals surface area contributed by atoms with E-state index in [1.807, 2.05) is 38.1 Å². The molecule has 0 saturated carbocycles. The molecule has 2 aromatic rings. The van der Waals surface area contributed by atoms with Gasteiger partial charge in [-0.2, -0.15) is 5.10 Å². The number of nitrogens with one attached hydrogen (secondary N) is 1. The van der Waals surface area contributed by atoms with E-state index in [0.29, 0.717) is 24.5 Å². The van der Waals surface area contributed by atoms with Crippen LogP contribution in [0, 0.1) is 17.0 Å². The van der Waals surface area contributed by atoms with Gasteiger partial charge in [-0.05, 0) is 24.5 Å². The molecule has 0 saturated heterocycles. The fourth-order valence-electron chi connectivity index (χ4n) is 2.18. The Kier molecular flexibility index (Phi) is 4.02. The van der Waals surface area contributed by atoms with Crippen molar-refractivity contribution in [2.45, 2.75) is 26.8 Å². The zero-order valence-electron chi connectivity index (χ0n) is 11.9. The summed E-state index contributed by atoms with van der Waals surface area (Å²) < 4.78 is 1.54. The summed E-state index contributed by atoms with van der Waals surface area (Å²) in [5, 5.41) is 18.5. The van der Waals surface area contributed by atoms with E-state index in [1.165, 1.54) is 4.68 Å². The van der Waals surface area contributed by atoms with Crippen LogP contribution in [0.3, 0.4) is 0 Å². The zero-order valence-corrected chi connectivity index (χ0v) is 11.9. The van der Waals surface area contributed by atoms with Crippen molar-refractivity contribution in [1.82, 2.24) is 9.78 Å². The van der Waals surface area contributed by atoms with E-state index in [1.54, 1.807) is 7.05 Å². The minimum Gasteiger partial charge on any atom is -0.360 e. The van der Waals surface area contributed by atoms with Crippen molar-refractivity contribution < 1.29 is 4.92 Å². The van der Waals surface area contributed by atoms with Gasteiger partial charge in [0, 0.05) is 13.6 Å². The van der Waals surface area contributed by atoms with Crippen molar-refractivity contribution in [3.63, 3.8) is 0 Å². The van der Waals surface area contributed by atoms with Crippen molar-refractivity contribution in [3.05, 3.63) is 51.2 Å². The second-order valence-corrected chi connectivity index (χ2v) is 4.66. The Morgan fingerprint density at radius 1 is 1.40 bits per heavy atom. The first-order valence-corrected chi connectivity index (χ1v) is 6.53. The summed E-state index contributed by atoms with van der Waals surface area (Å²) in [6, 6.07) is 7.96. The summed E-state index contributed by atoms with van der Waals surface area (Å²) in [5.41, 5.74) is 2.84. The first kappa shape index (κ1) is 14.0. The molecule has 0 bridgehead atoms. The van der Waals surface area contributed by atoms with Gasteiger partial charge < -0.3 is 5.32 Å². The van der Waals surface area contributed by atoms with Crippen LogP contribution in [-0.4, -0.2) is 14.7 Å². The Morgan fingerprint density at radius 2 is 2.10 bits per heavy atom. The molecule has 0 aliphatic carbocycles. The highest BCUT2D eigenvalue weighted by molar-refractivity contribution is 5.60. The molecular formula is C14H18N4O2. The Labute approximate surface area is 117 Å². The van der Waals surface area contributed by atoms with E-state index in [4.69, 9.17) is 0 Å². The Hall–Kier alpha value is -2.37. The van der Waals surface area contributed by atoms with Crippen molar-refractivity contribution in [3.8, 4) is 0 Å². The number of aryl methyl sites for hydroxylation is 3. The number of anilines is 1. The topological polar surface area (TPSA) is 73.0 Å². The smallest absolute Gasteiger partial charge is 0.333 e. The fraction of sp³-hybridized carbons (Fsp3) is 0.357. The zero-order chi connectivity index (χ0) is 14.7. The number of nitro groups is 1. The summed E-state index contributed by atoms with van der Waals surface area (Å²) in [5.74, 6) is 0.454. The fourth-order valence-corrected chi connectivity index (χ4v) is 2.18. The average molecular weight is 274 g/mol. The van der Waals surface area contributed by atoms with Gasteiger partial charge in [-0.15, -0.1) is 0 Å². The maximum Gasteiger partial charge on any atom is 0.333 e. The Morgan fingerprint density at radius 3 is 2.70 bits per heavy atom. The second kappa shape index (κ2) is 5.73. The number of benzene rings is 1. The lowest BCUT2D eigenvalue weighted by Gasteiger charge is -2.08. The van der Waals surface area contributed by atoms with Crippen LogP contribution >= 0.6 is 0 Å². The third-order valence-electron chi connectivity index (χ3n) is 3.32. The molecule has 0 aliphatic heterocycles. The molecule has 0 unspecified atom stereocenters. The van der Waals surface area contributed by atoms with Crippen molar-refractivity contribution in [1.29, 1.82) is 0 Å². The molecule has 0 radical (unpaired) electrons. The first-order chi connectivity index (χ1) is 9.54. The molecule has 0 aliphatic rings. The molecule has 1 aromatic heterocycles. The van der Waals surface area contributed by atoms with Gasteiger partial charge >= 0.3 is 5.69 Å². The normalized spacial score (nSPS) is 10.6. The highest BCUT2D eigenvalue weighted by Gasteiger charge is 2.25. The molecule has 106 valence electrons. The monoisotopic (exact) mass is 274 g/mol. The minimum absolute atomic E-state index is 0.0728. The summed E-state index contributed by atoms with van der Waals surface area (Å²) >= 11 is 0. The van der Waals surface area contributed by atoms with Gasteiger partial charge in [0.25, 0.3) is 0 Å². The predicted octanol–water partition coefficient (Wildman–Crippen LogP) is 2.81. The van der Waals surface area contributed by atoms with Crippen molar-refractivity contribution in [2.24, 2.45) is 7.05 Å². The van der Waals surface area contributed by atoms with Crippen LogP contribution in [-0.2, 0) is 20.0 Å². The first-order valence-electron chi connectivity index (χ1n) is 6.53. The van der Waals surface area contributed by atoms with Gasteiger partial charge in [0.05, 0.1) is 4.92 Å². The van der Waals surface area contributed by atoms with Crippen molar-refractivity contribution >= 4 is 11.5 Å². The highest BCUT2D eigenvalue weighted by Crippen LogP contribution is 2.28. The van der Waals surface area contributed by atoms with Crippen LogP contribution < -0.4 is 5.32 Å². The third kappa shape index (κ3) is 2.64. The maximum atomic E-state index is 11.2. The molecule has 20 heavy (non-hydrogen) atoms. The number of rotatable bonds is 5. The lowest BCUT2D eigenvalue weighted by molar-refractivity contribution is -0.384. The summed E-state index contributed by atoms with van der Waals surface area (Å²) in [7, 11) is 1.71. The number of hydrogen-bond acceptors (Lipinski definition) is 4. The van der Waals surface area contributed by atoms with E-state index in [0.717, 1.165) is 11.1 Å². The van der Waals surface area contributed by atoms with Gasteiger partial charge in [-0.25, -0.2) is 4.68 Å². The summed E-state index contributed by atoms with van der Waals surface area (Å²) in [4.78, 5) is 10.8. The molecular weight excluding hydrogens is 256 g/mol. The molecule has 0 atom stereocenters. The van der Waals surface area contributed by atoms with E-state index in [-0.39, 0.29) is 10.6 Å². The molecule has 1 aromatic carbocycles. The largest absolute Gasteiger partial charge is 0.360 e. The number of aromatic nitrogens is 2. The van der Waals surface area contributed by atoms with Gasteiger partial charge in [-0.1, -0.05) is 31.2 Å². The lowest BCUT2D eigenvalue weighted by atomic mass is 10.1. The second-order valence-electron chi connectivity index (χ2n) is 4.66. The van der Waals surface area contributed by atoms with Gasteiger partial charge in [-0.3, -0.25) is 10.1 Å². The lowest BCUT2D eigenvalue weighted by Crippen LogP contribution is -2.07. The number of nitrogens with zero attached hydrogens (tertiary/aromatic N) is 3. The van der Waals surface area contributed by atoms with Crippen LogP contribution in [0.1, 0.15) is 23.7 Å². The van der Waals surface area contributed by atoms with E-state index in [2.05, 4.69) is 10.4 Å². The van der Waals surface area contributed by atoms with Crippen LogP contribution in [0.2, 0.25) is 0 Å². The molecule has 0 fully saturated rings. The molecule has 6 heteroatoms. The van der Waals surface area contributed by atoms with Gasteiger partial charge in [0.2, 0.25) is 5.82 Å². The third-order valence-corrected chi connectivity index (χ3v) is 3.32. The summed E-state index contributed by atoms with van der Waals surface area (Å²) in [6.07, 6.45) is 0.538. The summed E-state index contributed by atoms with van der Waals surface area (Å²) in [6.45, 7) is 4.42. The predicted molar refractivity (Wildman–Crippen MR) is 77.7 cm³/mol. The van der Waals surface area contributed by atoms with Gasteiger partial charge in [0.1, 0.15) is 5.69 Å². The Balaban J connectivity index is 2.28. The standard InChI is InChI=1S/C14H18N4O2/c1-4-12-13(18(19)20)14(17(3)16-12)15-9-11-8-6-5-7-10(11)2/h5-8,15H,4,9H2,1-3H3. The quantitative estimate of drug-likeness (QED) is 0.672. The number of hydrogen-bond donors (Lipinski definition) is 1. The van der Waals surface area contributed by atoms with Crippen LogP contribution in [0.25, 0.3) is 0 Å². The highest BCUT2D eigenvalue weighted by atomic mass is 16.6. The SMILES string of the molecule is CCc1nn(C)c(NCc2ccccc2C)c1[N+](=O)[O-]. The molecule has 0 spiro atoms. The van der Waals surface area contributed by atoms with Crippen LogP contribution in [0.15, 0.2) is 24.3 Å². The molecule has 2 rings (SSSR count). The van der Waals surface area contributed by atoms with Crippen LogP contribution in [0.5, 0.6) is 0 Å². The molecule has 1 heterocycles. The molecule has 6 nitrogen and oxygen atoms in total. The molecule has 1 N–H and O–H groups in total.